The lowest BCUT2D eigenvalue weighted by Crippen LogP contribution is -2.41. The second kappa shape index (κ2) is 9.96. The van der Waals surface area contributed by atoms with Gasteiger partial charge >= 0.3 is 5.97 Å². The lowest BCUT2D eigenvalue weighted by molar-refractivity contribution is -0.145. The molecule has 0 unspecified atom stereocenters. The van der Waals surface area contributed by atoms with Gasteiger partial charge in [0.1, 0.15) is 6.04 Å². The summed E-state index contributed by atoms with van der Waals surface area (Å²) in [5.74, 6) is -0.980. The van der Waals surface area contributed by atoms with E-state index in [-0.39, 0.29) is 11.8 Å². The minimum absolute atomic E-state index is 0.254. The van der Waals surface area contributed by atoms with E-state index in [4.69, 9.17) is 0 Å². The monoisotopic (exact) mass is 285 g/mol. The number of rotatable bonds is 9. The fraction of sp³-hybridized carbons (Fsp3) is 0.615. The molecule has 1 atom stereocenters. The molecule has 7 heteroatoms. The summed E-state index contributed by atoms with van der Waals surface area (Å²) in [5.41, 5.74) is 5.67. The van der Waals surface area contributed by atoms with E-state index in [1.54, 1.807) is 6.92 Å². The van der Waals surface area contributed by atoms with Crippen molar-refractivity contribution in [3.63, 3.8) is 0 Å². The van der Waals surface area contributed by atoms with E-state index in [9.17, 15) is 14.4 Å². The van der Waals surface area contributed by atoms with Gasteiger partial charge in [0.25, 0.3) is 5.91 Å². The molecule has 0 aromatic heterocycles. The number of esters is 1. The Morgan fingerprint density at radius 1 is 1.20 bits per heavy atom. The Labute approximate surface area is 119 Å². The first-order valence-corrected chi connectivity index (χ1v) is 6.42. The molecule has 0 saturated heterocycles. The Bertz CT molecular complexity index is 369. The summed E-state index contributed by atoms with van der Waals surface area (Å²) in [6, 6.07) is -0.623. The summed E-state index contributed by atoms with van der Waals surface area (Å²) >= 11 is 0. The zero-order valence-corrected chi connectivity index (χ0v) is 12.2. The van der Waals surface area contributed by atoms with Gasteiger partial charge in [-0.05, 0) is 26.2 Å². The third-order valence-corrected chi connectivity index (χ3v) is 2.50. The second-order valence-electron chi connectivity index (χ2n) is 4.43. The van der Waals surface area contributed by atoms with Crippen LogP contribution >= 0.6 is 0 Å². The van der Waals surface area contributed by atoms with Gasteiger partial charge in [-0.1, -0.05) is 6.58 Å². The number of methoxy groups -OCH3 is 1. The first-order chi connectivity index (χ1) is 9.38. The Hall–Kier alpha value is -1.89. The predicted molar refractivity (Wildman–Crippen MR) is 74.4 cm³/mol. The van der Waals surface area contributed by atoms with Gasteiger partial charge in [0.05, 0.1) is 7.11 Å². The molecule has 0 saturated carbocycles. The first kappa shape index (κ1) is 18.1. The molecule has 7 nitrogen and oxygen atoms in total. The van der Waals surface area contributed by atoms with Crippen LogP contribution in [0.2, 0.25) is 0 Å². The van der Waals surface area contributed by atoms with Gasteiger partial charge in [0, 0.05) is 19.0 Å². The molecule has 0 aliphatic heterocycles. The maximum atomic E-state index is 11.4. The first-order valence-electron chi connectivity index (χ1n) is 6.42. The number of amides is 2. The Morgan fingerprint density at radius 2 is 1.85 bits per heavy atom. The Morgan fingerprint density at radius 3 is 2.35 bits per heavy atom. The van der Waals surface area contributed by atoms with E-state index in [1.807, 2.05) is 0 Å². The quantitative estimate of drug-likeness (QED) is 0.240. The third kappa shape index (κ3) is 8.25. The average molecular weight is 285 g/mol. The molecule has 0 heterocycles. The highest BCUT2D eigenvalue weighted by molar-refractivity contribution is 5.91. The summed E-state index contributed by atoms with van der Waals surface area (Å²) in [4.78, 5) is 33.5. The van der Waals surface area contributed by atoms with Crippen molar-refractivity contribution in [2.75, 3.05) is 13.7 Å². The SMILES string of the molecule is C=C(C)C(=O)NNCCCC[C@H](NC(C)=O)C(=O)OC. The summed E-state index contributed by atoms with van der Waals surface area (Å²) in [6.07, 6.45) is 1.93. The minimum Gasteiger partial charge on any atom is -0.467 e. The molecule has 2 amide bonds. The number of nitrogens with one attached hydrogen (secondary N) is 3. The maximum absolute atomic E-state index is 11.4. The number of unbranched alkanes of at least 4 members (excludes halogenated alkanes) is 1. The molecule has 0 radical (unpaired) electrons. The van der Waals surface area contributed by atoms with Crippen LogP contribution in [0.25, 0.3) is 0 Å². The van der Waals surface area contributed by atoms with Crippen LogP contribution in [0, 0.1) is 0 Å². The van der Waals surface area contributed by atoms with Crippen molar-refractivity contribution in [2.24, 2.45) is 0 Å². The van der Waals surface area contributed by atoms with Gasteiger partial charge in [-0.15, -0.1) is 0 Å². The van der Waals surface area contributed by atoms with Crippen LogP contribution in [-0.2, 0) is 19.1 Å². The predicted octanol–water partition coefficient (Wildman–Crippen LogP) is 0.0313. The Balaban J connectivity index is 3.84. The number of hydrogen-bond donors (Lipinski definition) is 3. The summed E-state index contributed by atoms with van der Waals surface area (Å²) in [6.45, 7) is 7.04. The fourth-order valence-corrected chi connectivity index (χ4v) is 1.45. The van der Waals surface area contributed by atoms with Crippen LogP contribution in [0.1, 0.15) is 33.1 Å². The molecule has 0 aliphatic carbocycles. The van der Waals surface area contributed by atoms with Crippen LogP contribution in [-0.4, -0.2) is 37.5 Å². The van der Waals surface area contributed by atoms with Gasteiger partial charge in [-0.2, -0.15) is 0 Å². The minimum atomic E-state index is -0.623. The molecular weight excluding hydrogens is 262 g/mol. The van der Waals surface area contributed by atoms with Crippen molar-refractivity contribution in [2.45, 2.75) is 39.2 Å². The zero-order valence-electron chi connectivity index (χ0n) is 12.2. The number of carbonyl (C=O) groups excluding carboxylic acids is 3. The van der Waals surface area contributed by atoms with Gasteiger partial charge in [0.2, 0.25) is 5.91 Å². The molecule has 3 N–H and O–H groups in total. The van der Waals surface area contributed by atoms with Gasteiger partial charge in [-0.3, -0.25) is 15.0 Å². The van der Waals surface area contributed by atoms with Crippen LogP contribution in [0.3, 0.4) is 0 Å². The second-order valence-corrected chi connectivity index (χ2v) is 4.43. The molecule has 0 spiro atoms. The van der Waals surface area contributed by atoms with Crippen LogP contribution in [0.5, 0.6) is 0 Å². The van der Waals surface area contributed by atoms with Gasteiger partial charge < -0.3 is 10.1 Å². The van der Waals surface area contributed by atoms with Crippen molar-refractivity contribution in [1.29, 1.82) is 0 Å². The molecule has 0 aliphatic rings. The molecular formula is C13H23N3O4. The van der Waals surface area contributed by atoms with Crippen LogP contribution in [0.4, 0.5) is 0 Å². The standard InChI is InChI=1S/C13H23N3O4/c1-9(2)12(18)16-14-8-6-5-7-11(13(19)20-4)15-10(3)17/h11,14H,1,5-8H2,2-4H3,(H,15,17)(H,16,18)/t11-/m0/s1. The molecule has 0 bridgehead atoms. The van der Waals surface area contributed by atoms with Gasteiger partial charge in [-0.25, -0.2) is 10.2 Å². The third-order valence-electron chi connectivity index (χ3n) is 2.50. The van der Waals surface area contributed by atoms with E-state index in [0.29, 0.717) is 25.0 Å². The van der Waals surface area contributed by atoms with Crippen molar-refractivity contribution in [3.8, 4) is 0 Å². The van der Waals surface area contributed by atoms with Crippen LogP contribution < -0.4 is 16.2 Å². The van der Waals surface area contributed by atoms with Crippen molar-refractivity contribution >= 4 is 17.8 Å². The van der Waals surface area contributed by atoms with E-state index in [0.717, 1.165) is 6.42 Å². The summed E-state index contributed by atoms with van der Waals surface area (Å²) in [7, 11) is 1.28. The lowest BCUT2D eigenvalue weighted by atomic mass is 10.1. The topological polar surface area (TPSA) is 96.5 Å². The number of carbonyl (C=O) groups is 3. The summed E-state index contributed by atoms with van der Waals surface area (Å²) < 4.78 is 4.61. The normalized spacial score (nSPS) is 11.3. The van der Waals surface area contributed by atoms with E-state index < -0.39 is 12.0 Å². The highest BCUT2D eigenvalue weighted by Crippen LogP contribution is 2.02. The molecule has 0 aromatic carbocycles. The smallest absolute Gasteiger partial charge is 0.328 e. The maximum Gasteiger partial charge on any atom is 0.328 e. The van der Waals surface area contributed by atoms with Crippen molar-refractivity contribution in [3.05, 3.63) is 12.2 Å². The molecule has 20 heavy (non-hydrogen) atoms. The fourth-order valence-electron chi connectivity index (χ4n) is 1.45. The Kier molecular flexibility index (Phi) is 9.02. The highest BCUT2D eigenvalue weighted by atomic mass is 16.5. The largest absolute Gasteiger partial charge is 0.467 e. The number of ether oxygens (including phenoxy) is 1. The molecule has 0 rings (SSSR count). The average Bonchev–Trinajstić information content (AvgIpc) is 2.39. The lowest BCUT2D eigenvalue weighted by Gasteiger charge is -2.15. The van der Waals surface area contributed by atoms with Crippen molar-refractivity contribution < 1.29 is 19.1 Å². The molecule has 0 fully saturated rings. The number of hydrogen-bond acceptors (Lipinski definition) is 5. The van der Waals surface area contributed by atoms with Crippen molar-refractivity contribution in [1.82, 2.24) is 16.2 Å². The zero-order chi connectivity index (χ0) is 15.5. The number of hydrazine groups is 1. The highest BCUT2D eigenvalue weighted by Gasteiger charge is 2.19. The van der Waals surface area contributed by atoms with E-state index >= 15 is 0 Å². The molecule has 114 valence electrons. The van der Waals surface area contributed by atoms with E-state index in [2.05, 4.69) is 27.5 Å². The molecule has 0 aromatic rings. The van der Waals surface area contributed by atoms with Crippen LogP contribution in [0.15, 0.2) is 12.2 Å². The van der Waals surface area contributed by atoms with E-state index in [1.165, 1.54) is 14.0 Å². The van der Waals surface area contributed by atoms with Gasteiger partial charge in [0.15, 0.2) is 0 Å². The summed E-state index contributed by atoms with van der Waals surface area (Å²) in [5, 5.41) is 2.54.